The molecule has 0 heterocycles. The number of para-hydroxylation sites is 1. The van der Waals surface area contributed by atoms with Crippen LogP contribution in [-0.4, -0.2) is 20.5 Å². The quantitative estimate of drug-likeness (QED) is 0.289. The molecule has 6 nitrogen and oxygen atoms in total. The third kappa shape index (κ3) is 6.80. The van der Waals surface area contributed by atoms with Crippen molar-refractivity contribution in [3.8, 4) is 5.75 Å². The molecule has 0 aliphatic rings. The number of halogens is 4. The fraction of sp³-hybridized carbons (Fsp3) is 0.0909. The van der Waals surface area contributed by atoms with Crippen molar-refractivity contribution >= 4 is 33.8 Å². The molecule has 3 rings (SSSR count). The largest absolute Gasteiger partial charge is 0.416 e. The highest BCUT2D eigenvalue weighted by Gasteiger charge is 2.31. The van der Waals surface area contributed by atoms with Crippen molar-refractivity contribution in [3.05, 3.63) is 94.5 Å². The lowest BCUT2D eigenvalue weighted by Crippen LogP contribution is -2.19. The summed E-state index contributed by atoms with van der Waals surface area (Å²) in [4.78, 5) is 11.6. The predicted octanol–water partition coefficient (Wildman–Crippen LogP) is 4.82. The van der Waals surface area contributed by atoms with Crippen LogP contribution in [0.25, 0.3) is 0 Å². The number of alkyl halides is 3. The maximum absolute atomic E-state index is 12.7. The predicted molar refractivity (Wildman–Crippen MR) is 117 cm³/mol. The minimum Gasteiger partial charge on any atom is -0.378 e. The molecular weight excluding hydrogens is 481 g/mol. The average molecular weight is 497 g/mol. The lowest BCUT2D eigenvalue weighted by atomic mass is 10.1. The molecule has 0 fully saturated rings. The van der Waals surface area contributed by atoms with Gasteiger partial charge in [-0.15, -0.1) is 0 Å². The normalized spacial score (nSPS) is 12.0. The molecule has 0 aliphatic carbocycles. The van der Waals surface area contributed by atoms with Gasteiger partial charge in [-0.3, -0.25) is 4.79 Å². The molecule has 0 radical (unpaired) electrons. The van der Waals surface area contributed by atoms with Crippen LogP contribution in [0.5, 0.6) is 5.75 Å². The molecule has 172 valence electrons. The standard InChI is InChI=1S/C22H16ClF3N2O4S/c23-18-6-3-4-15(12-18)13-21(29)28-27-14-16-5-1-2-7-20(16)32-33(30,31)19-10-8-17(9-11-19)22(24,25)26/h1-12,14H,13H2,(H,28,29). The van der Waals surface area contributed by atoms with Crippen LogP contribution in [0.4, 0.5) is 13.2 Å². The second-order valence-electron chi connectivity index (χ2n) is 6.70. The first-order valence-corrected chi connectivity index (χ1v) is 11.1. The van der Waals surface area contributed by atoms with E-state index in [1.807, 2.05) is 0 Å². The third-order valence-corrected chi connectivity index (χ3v) is 5.72. The van der Waals surface area contributed by atoms with Gasteiger partial charge in [-0.25, -0.2) is 5.43 Å². The molecule has 0 unspecified atom stereocenters. The number of hydrogen-bond acceptors (Lipinski definition) is 5. The van der Waals surface area contributed by atoms with E-state index in [0.29, 0.717) is 22.7 Å². The minimum absolute atomic E-state index is 0.0261. The van der Waals surface area contributed by atoms with Crippen molar-refractivity contribution in [3.63, 3.8) is 0 Å². The van der Waals surface area contributed by atoms with Gasteiger partial charge in [0.2, 0.25) is 5.91 Å². The van der Waals surface area contributed by atoms with Crippen LogP contribution in [0.15, 0.2) is 82.8 Å². The lowest BCUT2D eigenvalue weighted by molar-refractivity contribution is -0.137. The van der Waals surface area contributed by atoms with Gasteiger partial charge in [-0.05, 0) is 54.1 Å². The number of hydrazone groups is 1. The highest BCUT2D eigenvalue weighted by Crippen LogP contribution is 2.30. The van der Waals surface area contributed by atoms with E-state index in [1.54, 1.807) is 30.3 Å². The number of carbonyl (C=O) groups is 1. The average Bonchev–Trinajstić information content (AvgIpc) is 2.74. The second kappa shape index (κ2) is 10.1. The second-order valence-corrected chi connectivity index (χ2v) is 8.68. The van der Waals surface area contributed by atoms with Crippen LogP contribution in [0.2, 0.25) is 5.02 Å². The SMILES string of the molecule is O=C(Cc1cccc(Cl)c1)NN=Cc1ccccc1OS(=O)(=O)c1ccc(C(F)(F)F)cc1. The van der Waals surface area contributed by atoms with E-state index in [1.165, 1.54) is 24.4 Å². The van der Waals surface area contributed by atoms with Crippen LogP contribution in [-0.2, 0) is 27.5 Å². The molecule has 3 aromatic carbocycles. The molecule has 1 N–H and O–H groups in total. The van der Waals surface area contributed by atoms with Crippen LogP contribution < -0.4 is 9.61 Å². The van der Waals surface area contributed by atoms with Gasteiger partial charge in [0.1, 0.15) is 4.90 Å². The lowest BCUT2D eigenvalue weighted by Gasteiger charge is -2.11. The Morgan fingerprint density at radius 1 is 1.03 bits per heavy atom. The zero-order chi connectivity index (χ0) is 24.1. The van der Waals surface area contributed by atoms with Crippen LogP contribution in [0.3, 0.4) is 0 Å². The Morgan fingerprint density at radius 3 is 2.39 bits per heavy atom. The summed E-state index contributed by atoms with van der Waals surface area (Å²) in [5.74, 6) is -0.547. The monoisotopic (exact) mass is 496 g/mol. The van der Waals surface area contributed by atoms with Crippen molar-refractivity contribution in [1.82, 2.24) is 5.43 Å². The van der Waals surface area contributed by atoms with E-state index in [9.17, 15) is 26.4 Å². The molecule has 1 amide bonds. The maximum Gasteiger partial charge on any atom is 0.416 e. The number of nitrogens with zero attached hydrogens (tertiary/aromatic N) is 1. The fourth-order valence-electron chi connectivity index (χ4n) is 2.69. The van der Waals surface area contributed by atoms with Crippen molar-refractivity contribution < 1.29 is 30.6 Å². The summed E-state index contributed by atoms with van der Waals surface area (Å²) in [6, 6.07) is 15.6. The molecule has 0 aromatic heterocycles. The molecule has 0 aliphatic heterocycles. The first kappa shape index (κ1) is 24.3. The fourth-order valence-corrected chi connectivity index (χ4v) is 3.85. The molecule has 0 bridgehead atoms. The van der Waals surface area contributed by atoms with Gasteiger partial charge in [-0.1, -0.05) is 35.9 Å². The van der Waals surface area contributed by atoms with Gasteiger partial charge in [0, 0.05) is 10.6 Å². The molecule has 33 heavy (non-hydrogen) atoms. The number of hydrogen-bond donors (Lipinski definition) is 1. The summed E-state index contributed by atoms with van der Waals surface area (Å²) < 4.78 is 68.2. The molecule has 0 saturated heterocycles. The Kier molecular flexibility index (Phi) is 7.39. The van der Waals surface area contributed by atoms with Crippen molar-refractivity contribution in [2.75, 3.05) is 0 Å². The number of nitrogens with one attached hydrogen (secondary N) is 1. The molecular formula is C22H16ClF3N2O4S. The van der Waals surface area contributed by atoms with Gasteiger partial charge < -0.3 is 4.18 Å². The maximum atomic E-state index is 12.7. The highest BCUT2D eigenvalue weighted by atomic mass is 35.5. The first-order valence-electron chi connectivity index (χ1n) is 9.32. The first-order chi connectivity index (χ1) is 15.5. The van der Waals surface area contributed by atoms with Crippen LogP contribution in [0, 0.1) is 0 Å². The Morgan fingerprint density at radius 2 is 1.73 bits per heavy atom. The third-order valence-electron chi connectivity index (χ3n) is 4.24. The van der Waals surface area contributed by atoms with E-state index in [0.717, 1.165) is 12.1 Å². The van der Waals surface area contributed by atoms with E-state index < -0.39 is 32.7 Å². The summed E-state index contributed by atoms with van der Waals surface area (Å²) in [5.41, 5.74) is 2.23. The van der Waals surface area contributed by atoms with Gasteiger partial charge >= 0.3 is 16.3 Å². The van der Waals surface area contributed by atoms with E-state index in [-0.39, 0.29) is 17.7 Å². The Balaban J connectivity index is 1.70. The zero-order valence-electron chi connectivity index (χ0n) is 16.7. The van der Waals surface area contributed by atoms with Crippen molar-refractivity contribution in [2.24, 2.45) is 5.10 Å². The smallest absolute Gasteiger partial charge is 0.378 e. The molecule has 0 saturated carbocycles. The number of carbonyl (C=O) groups excluding carboxylic acids is 1. The Hall–Kier alpha value is -3.37. The number of rotatable bonds is 7. The molecule has 11 heteroatoms. The van der Waals surface area contributed by atoms with Gasteiger partial charge in [0.25, 0.3) is 0 Å². The van der Waals surface area contributed by atoms with E-state index in [2.05, 4.69) is 10.5 Å². The Bertz CT molecular complexity index is 1280. The molecule has 0 atom stereocenters. The number of amides is 1. The van der Waals surface area contributed by atoms with E-state index >= 15 is 0 Å². The van der Waals surface area contributed by atoms with E-state index in [4.69, 9.17) is 15.8 Å². The summed E-state index contributed by atoms with van der Waals surface area (Å²) in [5, 5.41) is 4.29. The van der Waals surface area contributed by atoms with Gasteiger partial charge in [0.05, 0.1) is 18.2 Å². The van der Waals surface area contributed by atoms with Crippen molar-refractivity contribution in [1.29, 1.82) is 0 Å². The number of benzene rings is 3. The molecule has 0 spiro atoms. The molecule has 3 aromatic rings. The minimum atomic E-state index is -4.59. The topological polar surface area (TPSA) is 84.8 Å². The van der Waals surface area contributed by atoms with Gasteiger partial charge in [0.15, 0.2) is 5.75 Å². The summed E-state index contributed by atoms with van der Waals surface area (Å²) in [6.45, 7) is 0. The summed E-state index contributed by atoms with van der Waals surface area (Å²) in [7, 11) is -4.41. The van der Waals surface area contributed by atoms with Gasteiger partial charge in [-0.2, -0.15) is 26.7 Å². The summed E-state index contributed by atoms with van der Waals surface area (Å²) >= 11 is 5.88. The zero-order valence-corrected chi connectivity index (χ0v) is 18.3. The van der Waals surface area contributed by atoms with Crippen molar-refractivity contribution in [2.45, 2.75) is 17.5 Å². The van der Waals surface area contributed by atoms with Crippen LogP contribution in [0.1, 0.15) is 16.7 Å². The Labute approximate surface area is 192 Å². The van der Waals surface area contributed by atoms with Crippen LogP contribution >= 0.6 is 11.6 Å². The highest BCUT2D eigenvalue weighted by molar-refractivity contribution is 7.87. The summed E-state index contributed by atoms with van der Waals surface area (Å²) in [6.07, 6.45) is -3.38.